The van der Waals surface area contributed by atoms with Crippen molar-refractivity contribution >= 4 is 152 Å². The van der Waals surface area contributed by atoms with E-state index in [2.05, 4.69) is 40.7 Å². The maximum Gasteiger partial charge on any atom is 0.296 e. The van der Waals surface area contributed by atoms with Gasteiger partial charge in [-0.05, 0) is 85.0 Å². The lowest BCUT2D eigenvalue weighted by molar-refractivity contribution is 0.100. The van der Waals surface area contributed by atoms with Crippen molar-refractivity contribution in [2.75, 3.05) is 23.9 Å². The van der Waals surface area contributed by atoms with Gasteiger partial charge < -0.3 is 20.7 Å². The van der Waals surface area contributed by atoms with Crippen molar-refractivity contribution < 1.29 is 71.6 Å². The van der Waals surface area contributed by atoms with Gasteiger partial charge in [-0.25, -0.2) is 9.97 Å². The Morgan fingerprint density at radius 2 is 1.47 bits per heavy atom. The minimum atomic E-state index is -4.91. The molecular weight excluding hydrogens is 1140 g/mol. The fourth-order valence-corrected chi connectivity index (χ4v) is 12.0. The van der Waals surface area contributed by atoms with E-state index < -0.39 is 80.2 Å². The lowest BCUT2D eigenvalue weighted by Gasteiger charge is -2.12. The van der Waals surface area contributed by atoms with Gasteiger partial charge in [-0.15, -0.1) is 42.4 Å². The molecule has 0 saturated heterocycles. The van der Waals surface area contributed by atoms with E-state index in [9.17, 15) is 66.9 Å². The van der Waals surface area contributed by atoms with Gasteiger partial charge in [0.15, 0.2) is 5.65 Å². The zero-order valence-electron chi connectivity index (χ0n) is 38.6. The number of carbonyl (C=O) groups is 1. The van der Waals surface area contributed by atoms with Crippen LogP contribution in [0.2, 0.25) is 5.02 Å². The van der Waals surface area contributed by atoms with E-state index >= 15 is 0 Å². The molecule has 0 unspecified atom stereocenters. The zero-order chi connectivity index (χ0) is 55.1. The highest BCUT2D eigenvalue weighted by molar-refractivity contribution is 7.99. The number of amides is 1. The molecule has 0 aliphatic rings. The summed E-state index contributed by atoms with van der Waals surface area (Å²) in [6, 6.07) is 16.4. The van der Waals surface area contributed by atoms with Crippen LogP contribution in [0.3, 0.4) is 0 Å². The maximum absolute atomic E-state index is 12.8. The maximum atomic E-state index is 12.8. The second-order valence-electron chi connectivity index (χ2n) is 16.1. The van der Waals surface area contributed by atoms with Gasteiger partial charge in [0.25, 0.3) is 46.4 Å². The van der Waals surface area contributed by atoms with Crippen LogP contribution in [-0.4, -0.2) is 106 Å². The number of primary amides is 1. The number of imidazole rings is 1. The molecule has 0 aliphatic carbocycles. The van der Waals surface area contributed by atoms with Crippen molar-refractivity contribution in [1.29, 1.82) is 0 Å². The average molecular weight is 1180 g/mol. The first kappa shape index (κ1) is 55.5. The van der Waals surface area contributed by atoms with Crippen LogP contribution in [0.1, 0.15) is 34.3 Å². The molecule has 398 valence electrons. The number of fused-ring (bicyclic) bond motifs is 6. The fraction of sp³-hybridized carbons (Fsp3) is 0.186. The molecular formula is C43H37ClN10O16S6. The van der Waals surface area contributed by atoms with Crippen molar-refractivity contribution in [1.82, 2.24) is 14.4 Å². The van der Waals surface area contributed by atoms with Crippen molar-refractivity contribution in [3.05, 3.63) is 94.5 Å². The van der Waals surface area contributed by atoms with Gasteiger partial charge in [-0.2, -0.15) is 33.7 Å². The number of thiazole rings is 1. The first-order valence-corrected chi connectivity index (χ1v) is 29.8. The van der Waals surface area contributed by atoms with Gasteiger partial charge in [-0.1, -0.05) is 41.1 Å². The smallest absolute Gasteiger partial charge is 0.296 e. The van der Waals surface area contributed by atoms with Crippen molar-refractivity contribution in [3.63, 3.8) is 0 Å². The number of aromatic nitrogens is 3. The highest BCUT2D eigenvalue weighted by Crippen LogP contribution is 2.45. The first-order valence-electron chi connectivity index (χ1n) is 21.5. The number of nitrogens with zero attached hydrogens (tertiary/aromatic N) is 9. The van der Waals surface area contributed by atoms with Gasteiger partial charge in [-0.3, -0.25) is 27.4 Å². The third kappa shape index (κ3) is 12.4. The number of aromatic hydroxyl groups is 1. The van der Waals surface area contributed by atoms with Crippen LogP contribution in [0.25, 0.3) is 37.7 Å². The van der Waals surface area contributed by atoms with Gasteiger partial charge in [0.2, 0.25) is 11.0 Å². The molecule has 33 heteroatoms. The Hall–Kier alpha value is -6.69. The number of para-hydroxylation sites is 2. The van der Waals surface area contributed by atoms with Crippen LogP contribution in [-0.2, 0) is 47.1 Å². The molecule has 8 aromatic rings. The number of nitrogens with two attached hydrogens (primary N) is 1. The van der Waals surface area contributed by atoms with Gasteiger partial charge in [0.1, 0.15) is 33.2 Å². The molecule has 3 heterocycles. The number of pyridine rings is 1. The number of rotatable bonds is 20. The highest BCUT2D eigenvalue weighted by Gasteiger charge is 2.25. The summed E-state index contributed by atoms with van der Waals surface area (Å²) in [6.07, 6.45) is -0.256. The number of ether oxygens (including phenoxy) is 1. The number of aliphatic hydroxyl groups is 1. The molecule has 76 heavy (non-hydrogen) atoms. The number of thioether (sulfide) groups is 1. The highest BCUT2D eigenvalue weighted by atomic mass is 35.5. The Balaban J connectivity index is 1.19. The summed E-state index contributed by atoms with van der Waals surface area (Å²) in [7, 11) is -18.4. The average Bonchev–Trinajstić information content (AvgIpc) is 3.98. The molecule has 0 bridgehead atoms. The van der Waals surface area contributed by atoms with Gasteiger partial charge >= 0.3 is 0 Å². The molecule has 0 atom stereocenters. The van der Waals surface area contributed by atoms with E-state index in [0.29, 0.717) is 11.0 Å². The van der Waals surface area contributed by atoms with E-state index in [0.717, 1.165) is 41.3 Å². The monoisotopic (exact) mass is 1180 g/mol. The Morgan fingerprint density at radius 1 is 0.789 bits per heavy atom. The summed E-state index contributed by atoms with van der Waals surface area (Å²) in [5.41, 5.74) is 6.17. The van der Waals surface area contributed by atoms with E-state index in [1.807, 2.05) is 0 Å². The van der Waals surface area contributed by atoms with Crippen LogP contribution in [0.15, 0.2) is 118 Å². The molecule has 1 amide bonds. The fourth-order valence-electron chi connectivity index (χ4n) is 7.48. The third-order valence-corrected chi connectivity index (χ3v) is 16.6. The largest absolute Gasteiger partial charge is 0.493 e. The second kappa shape index (κ2) is 21.7. The number of carbonyl (C=O) groups excluding carboxylic acids is 1. The molecule has 0 fully saturated rings. The second-order valence-corrected chi connectivity index (χ2v) is 24.6. The number of aliphatic hydroxyl groups excluding tert-OH is 1. The summed E-state index contributed by atoms with van der Waals surface area (Å²) in [6.45, 7) is 0.467. The SMILES string of the molecule is Cc1c(N=Nc2cc(Cl)c(N=Nc3cc(CO)c(N=Nc4nc5c(S(=O)(=O)O)cc6ccc(S(=O)(=O)O)cc6c5s4)cc3SCCCS(=O)(=O)O)cc2OCCCS(=O)(=O)O)c(O)n2c(nc3ccccc32)c1C(N)=O. The van der Waals surface area contributed by atoms with E-state index in [1.54, 1.807) is 24.3 Å². The van der Waals surface area contributed by atoms with Crippen molar-refractivity contribution in [2.24, 2.45) is 36.4 Å². The number of benzene rings is 5. The molecule has 8 rings (SSSR count). The molecule has 26 nitrogen and oxygen atoms in total. The summed E-state index contributed by atoms with van der Waals surface area (Å²) in [5.74, 6) is -2.66. The van der Waals surface area contributed by atoms with Crippen molar-refractivity contribution in [3.8, 4) is 11.6 Å². The Morgan fingerprint density at radius 3 is 2.16 bits per heavy atom. The molecule has 0 saturated carbocycles. The van der Waals surface area contributed by atoms with Crippen molar-refractivity contribution in [2.45, 2.75) is 41.1 Å². The minimum Gasteiger partial charge on any atom is -0.493 e. The summed E-state index contributed by atoms with van der Waals surface area (Å²) < 4.78 is 140. The number of hydrogen-bond acceptors (Lipinski definition) is 22. The van der Waals surface area contributed by atoms with Crippen LogP contribution in [0.5, 0.6) is 11.6 Å². The summed E-state index contributed by atoms with van der Waals surface area (Å²) in [4.78, 5) is 20.5. The number of hydrogen-bond donors (Lipinski definition) is 7. The lowest BCUT2D eigenvalue weighted by atomic mass is 10.1. The minimum absolute atomic E-state index is 0.00979. The lowest BCUT2D eigenvalue weighted by Crippen LogP contribution is -2.15. The van der Waals surface area contributed by atoms with Gasteiger partial charge in [0, 0.05) is 21.9 Å². The third-order valence-electron chi connectivity index (χ3n) is 10.9. The Bertz CT molecular complexity index is 4270. The molecule has 0 spiro atoms. The Labute approximate surface area is 443 Å². The van der Waals surface area contributed by atoms with Crippen LogP contribution < -0.4 is 10.5 Å². The van der Waals surface area contributed by atoms with E-state index in [-0.39, 0.29) is 118 Å². The van der Waals surface area contributed by atoms with Gasteiger partial charge in [0.05, 0.1) is 67.3 Å². The van der Waals surface area contributed by atoms with Crippen LogP contribution >= 0.6 is 34.7 Å². The predicted molar refractivity (Wildman–Crippen MR) is 279 cm³/mol. The number of azo groups is 3. The predicted octanol–water partition coefficient (Wildman–Crippen LogP) is 9.28. The van der Waals surface area contributed by atoms with E-state index in [1.165, 1.54) is 41.7 Å². The quantitative estimate of drug-likeness (QED) is 0.0162. The molecule has 0 aliphatic heterocycles. The van der Waals surface area contributed by atoms with E-state index in [4.69, 9.17) is 22.1 Å². The molecule has 5 aromatic carbocycles. The zero-order valence-corrected chi connectivity index (χ0v) is 44.2. The standard InChI is InChI=1S/C43H37ClN10O16S6/c1-21-36(40(45)56)41-46-27-6-2-3-7-32(27)54(41)42(57)37(21)52-50-30-17-26(44)29(18-33(30)70-10-4-12-73(58,59)60)49-51-31-14-23(20-55)28(19-34(31)71-11-5-13-74(61,62)63)48-53-43-47-38-35(76(67,68)69)15-22-8-9-24(75(64,65)66)16-25(22)39(38)72-43/h2-3,6-9,14-19,55,57H,4-5,10-13,20H2,1H3,(H2,45,56)(H,58,59,60)(H,61,62,63)(H,64,65,66)(H,67,68,69). The molecule has 0 radical (unpaired) electrons. The Kier molecular flexibility index (Phi) is 15.9. The normalized spacial score (nSPS) is 13.0. The first-order chi connectivity index (χ1) is 35.7. The molecule has 3 aromatic heterocycles. The van der Waals surface area contributed by atoms with Crippen LogP contribution in [0.4, 0.5) is 33.6 Å². The molecule has 8 N–H and O–H groups in total. The summed E-state index contributed by atoms with van der Waals surface area (Å²) >= 11 is 8.51. The topological polar surface area (TPSA) is 415 Å². The summed E-state index contributed by atoms with van der Waals surface area (Å²) in [5, 5.41) is 47.5. The van der Waals surface area contributed by atoms with Crippen LogP contribution in [0, 0.1) is 6.92 Å². The number of halogens is 1.